The molecule has 0 spiro atoms. The summed E-state index contributed by atoms with van der Waals surface area (Å²) in [5, 5.41) is 5.68. The molecule has 0 saturated heterocycles. The molecule has 34 heavy (non-hydrogen) atoms. The number of esters is 1. The summed E-state index contributed by atoms with van der Waals surface area (Å²) < 4.78 is 4.66. The zero-order chi connectivity index (χ0) is 24.2. The number of amides is 3. The monoisotopic (exact) mass is 481 g/mol. The summed E-state index contributed by atoms with van der Waals surface area (Å²) in [7, 11) is 1.26. The number of hydrogen-bond acceptors (Lipinski definition) is 6. The topological polar surface area (TPSA) is 105 Å². The van der Waals surface area contributed by atoms with E-state index in [0.29, 0.717) is 11.3 Å². The number of rotatable bonds is 6. The van der Waals surface area contributed by atoms with Gasteiger partial charge in [0.1, 0.15) is 10.7 Å². The Balaban J connectivity index is 1.49. The Bertz CT molecular complexity index is 1170. The highest BCUT2D eigenvalue weighted by molar-refractivity contribution is 6.53. The maximum atomic E-state index is 13.0. The Kier molecular flexibility index (Phi) is 6.98. The number of anilines is 2. The van der Waals surface area contributed by atoms with Crippen LogP contribution < -0.4 is 15.5 Å². The van der Waals surface area contributed by atoms with E-state index in [2.05, 4.69) is 15.4 Å². The second-order valence-electron chi connectivity index (χ2n) is 8.19. The summed E-state index contributed by atoms with van der Waals surface area (Å²) in [4.78, 5) is 51.0. The highest BCUT2D eigenvalue weighted by atomic mass is 35.5. The molecule has 1 aliphatic carbocycles. The largest absolute Gasteiger partial charge is 0.465 e. The number of nitrogens with zero attached hydrogens (tertiary/aromatic N) is 1. The van der Waals surface area contributed by atoms with E-state index in [1.165, 1.54) is 37.8 Å². The van der Waals surface area contributed by atoms with Crippen LogP contribution in [0.15, 0.2) is 59.3 Å². The summed E-state index contributed by atoms with van der Waals surface area (Å²) in [6, 6.07) is 12.7. The minimum atomic E-state index is -0.689. The molecule has 3 amide bonds. The predicted octanol–water partition coefficient (Wildman–Crippen LogP) is 3.97. The Labute approximate surface area is 201 Å². The van der Waals surface area contributed by atoms with Gasteiger partial charge < -0.3 is 15.4 Å². The van der Waals surface area contributed by atoms with Crippen LogP contribution in [0.3, 0.4) is 0 Å². The van der Waals surface area contributed by atoms with Gasteiger partial charge in [0, 0.05) is 17.3 Å². The number of imide groups is 1. The van der Waals surface area contributed by atoms with E-state index in [4.69, 9.17) is 11.6 Å². The molecule has 4 rings (SSSR count). The molecule has 2 N–H and O–H groups in total. The number of ether oxygens (including phenoxy) is 1. The number of methoxy groups -OCH3 is 1. The normalized spacial score (nSPS) is 16.6. The Morgan fingerprint density at radius 2 is 1.68 bits per heavy atom. The molecule has 9 heteroatoms. The van der Waals surface area contributed by atoms with E-state index in [-0.39, 0.29) is 33.9 Å². The molecule has 2 aromatic rings. The lowest BCUT2D eigenvalue weighted by Crippen LogP contribution is -2.36. The molecule has 1 fully saturated rings. The van der Waals surface area contributed by atoms with Crippen LogP contribution in [0.1, 0.15) is 52.8 Å². The van der Waals surface area contributed by atoms with Gasteiger partial charge in [0.25, 0.3) is 17.7 Å². The Hall–Kier alpha value is -3.65. The standard InChI is InChI=1S/C25H24ClN3O5/c1-34-25(33)15-10-12-19(13-11-15)29-23(31)20(26)21(24(29)32)27-18-9-5-6-16(14-18)22(30)28-17-7-3-2-4-8-17/h5-6,9-14,17,27H,2-4,7-8H2,1H3,(H,28,30). The van der Waals surface area contributed by atoms with Gasteiger partial charge in [-0.25, -0.2) is 9.69 Å². The molecular weight excluding hydrogens is 458 g/mol. The van der Waals surface area contributed by atoms with Crippen molar-refractivity contribution < 1.29 is 23.9 Å². The van der Waals surface area contributed by atoms with Crippen molar-refractivity contribution in [1.29, 1.82) is 0 Å². The fraction of sp³-hybridized carbons (Fsp3) is 0.280. The molecule has 8 nitrogen and oxygen atoms in total. The highest BCUT2D eigenvalue weighted by Crippen LogP contribution is 2.30. The smallest absolute Gasteiger partial charge is 0.337 e. The highest BCUT2D eigenvalue weighted by Gasteiger charge is 2.39. The molecule has 0 radical (unpaired) electrons. The summed E-state index contributed by atoms with van der Waals surface area (Å²) >= 11 is 6.21. The molecule has 0 unspecified atom stereocenters. The van der Waals surface area contributed by atoms with Crippen molar-refractivity contribution in [3.05, 3.63) is 70.4 Å². The zero-order valence-corrected chi connectivity index (χ0v) is 19.4. The number of nitrogens with one attached hydrogen (secondary N) is 2. The second kappa shape index (κ2) is 10.1. The fourth-order valence-corrected chi connectivity index (χ4v) is 4.32. The molecule has 0 atom stereocenters. The minimum Gasteiger partial charge on any atom is -0.465 e. The molecule has 2 aliphatic rings. The van der Waals surface area contributed by atoms with Crippen molar-refractivity contribution in [1.82, 2.24) is 5.32 Å². The van der Waals surface area contributed by atoms with Gasteiger partial charge in [0.15, 0.2) is 0 Å². The predicted molar refractivity (Wildman–Crippen MR) is 128 cm³/mol. The second-order valence-corrected chi connectivity index (χ2v) is 8.57. The van der Waals surface area contributed by atoms with Crippen LogP contribution in [-0.2, 0) is 14.3 Å². The molecule has 2 aromatic carbocycles. The number of benzene rings is 2. The molecule has 176 valence electrons. The number of carbonyl (C=O) groups is 4. The van der Waals surface area contributed by atoms with Crippen LogP contribution in [0.2, 0.25) is 0 Å². The van der Waals surface area contributed by atoms with Crippen molar-refractivity contribution in [2.24, 2.45) is 0 Å². The van der Waals surface area contributed by atoms with Gasteiger partial charge in [-0.3, -0.25) is 14.4 Å². The van der Waals surface area contributed by atoms with Gasteiger partial charge in [-0.2, -0.15) is 0 Å². The van der Waals surface area contributed by atoms with Gasteiger partial charge in [0.05, 0.1) is 18.4 Å². The van der Waals surface area contributed by atoms with Crippen LogP contribution >= 0.6 is 11.6 Å². The minimum absolute atomic E-state index is 0.0893. The third-order valence-electron chi connectivity index (χ3n) is 5.91. The van der Waals surface area contributed by atoms with E-state index in [1.807, 2.05) is 0 Å². The maximum Gasteiger partial charge on any atom is 0.337 e. The lowest BCUT2D eigenvalue weighted by molar-refractivity contribution is -0.120. The van der Waals surface area contributed by atoms with Crippen LogP contribution in [-0.4, -0.2) is 36.8 Å². The average molecular weight is 482 g/mol. The summed E-state index contributed by atoms with van der Waals surface area (Å²) in [5.74, 6) is -2.04. The third-order valence-corrected chi connectivity index (χ3v) is 6.26. The molecule has 1 aliphatic heterocycles. The number of hydrogen-bond donors (Lipinski definition) is 2. The van der Waals surface area contributed by atoms with Crippen molar-refractivity contribution in [2.45, 2.75) is 38.1 Å². The van der Waals surface area contributed by atoms with Crippen molar-refractivity contribution >= 4 is 46.7 Å². The van der Waals surface area contributed by atoms with Crippen LogP contribution in [0.4, 0.5) is 11.4 Å². The Morgan fingerprint density at radius 1 is 0.971 bits per heavy atom. The van der Waals surface area contributed by atoms with Gasteiger partial charge in [-0.05, 0) is 55.3 Å². The van der Waals surface area contributed by atoms with Gasteiger partial charge in [-0.1, -0.05) is 36.9 Å². The lowest BCUT2D eigenvalue weighted by atomic mass is 9.95. The van der Waals surface area contributed by atoms with Gasteiger partial charge in [-0.15, -0.1) is 0 Å². The third kappa shape index (κ3) is 4.82. The van der Waals surface area contributed by atoms with Crippen molar-refractivity contribution in [2.75, 3.05) is 17.3 Å². The summed E-state index contributed by atoms with van der Waals surface area (Å²) in [5.41, 5.74) is 1.35. The van der Waals surface area contributed by atoms with Crippen LogP contribution in [0.25, 0.3) is 0 Å². The fourth-order valence-electron chi connectivity index (χ4n) is 4.11. The average Bonchev–Trinajstić information content (AvgIpc) is 3.07. The molecular formula is C25H24ClN3O5. The van der Waals surface area contributed by atoms with Gasteiger partial charge in [0.2, 0.25) is 0 Å². The summed E-state index contributed by atoms with van der Waals surface area (Å²) in [6.07, 6.45) is 5.35. The Morgan fingerprint density at radius 3 is 2.35 bits per heavy atom. The molecule has 0 aromatic heterocycles. The van der Waals surface area contributed by atoms with Gasteiger partial charge >= 0.3 is 5.97 Å². The van der Waals surface area contributed by atoms with Crippen LogP contribution in [0.5, 0.6) is 0 Å². The quantitative estimate of drug-likeness (QED) is 0.478. The maximum absolute atomic E-state index is 13.0. The first-order chi connectivity index (χ1) is 16.4. The molecule has 1 saturated carbocycles. The summed E-state index contributed by atoms with van der Waals surface area (Å²) in [6.45, 7) is 0. The van der Waals surface area contributed by atoms with Crippen molar-refractivity contribution in [3.8, 4) is 0 Å². The zero-order valence-electron chi connectivity index (χ0n) is 18.6. The van der Waals surface area contributed by atoms with E-state index < -0.39 is 17.8 Å². The first kappa shape index (κ1) is 23.5. The molecule has 1 heterocycles. The van der Waals surface area contributed by atoms with E-state index in [0.717, 1.165) is 30.6 Å². The van der Waals surface area contributed by atoms with Crippen LogP contribution in [0, 0.1) is 0 Å². The van der Waals surface area contributed by atoms with E-state index >= 15 is 0 Å². The van der Waals surface area contributed by atoms with E-state index in [1.54, 1.807) is 24.3 Å². The lowest BCUT2D eigenvalue weighted by Gasteiger charge is -2.22. The van der Waals surface area contributed by atoms with Crippen molar-refractivity contribution in [3.63, 3.8) is 0 Å². The molecule has 0 bridgehead atoms. The first-order valence-corrected chi connectivity index (χ1v) is 11.4. The first-order valence-electron chi connectivity index (χ1n) is 11.0. The number of carbonyl (C=O) groups excluding carboxylic acids is 4. The SMILES string of the molecule is COC(=O)c1ccc(N2C(=O)C(Cl)=C(Nc3cccc(C(=O)NC4CCCCC4)c3)C2=O)cc1. The van der Waals surface area contributed by atoms with E-state index in [9.17, 15) is 19.2 Å². The number of halogens is 1.